The van der Waals surface area contributed by atoms with E-state index in [1.54, 1.807) is 0 Å². The average molecular weight is 228 g/mol. The van der Waals surface area contributed by atoms with Gasteiger partial charge in [0.1, 0.15) is 0 Å². The summed E-state index contributed by atoms with van der Waals surface area (Å²) in [4.78, 5) is 22.7. The van der Waals surface area contributed by atoms with E-state index in [0.29, 0.717) is 0 Å². The molecule has 0 unspecified atom stereocenters. The Kier molecular flexibility index (Phi) is 11.9. The molecule has 0 aliphatic heterocycles. The Morgan fingerprint density at radius 2 is 1.14 bits per heavy atom. The van der Waals surface area contributed by atoms with Crippen LogP contribution in [0.5, 0.6) is 0 Å². The van der Waals surface area contributed by atoms with Crippen LogP contribution in [0.25, 0.3) is 0 Å². The van der Waals surface area contributed by atoms with Crippen LogP contribution < -0.4 is 0 Å². The van der Waals surface area contributed by atoms with Gasteiger partial charge in [-0.05, 0) is 11.8 Å². The third-order valence-corrected chi connectivity index (χ3v) is 0. The second-order valence-corrected chi connectivity index (χ2v) is 3.01. The maximum atomic E-state index is 7.56. The minimum absolute atomic E-state index is 0. The minimum atomic E-state index is -3.81. The van der Waals surface area contributed by atoms with Crippen molar-refractivity contribution in [3.8, 4) is 0 Å². The molecule has 0 rings (SSSR count). The molecule has 0 amide bonds. The van der Waals surface area contributed by atoms with Crippen LogP contribution in [-0.4, -0.2) is 20.2 Å². The molecule has 7 heteroatoms. The van der Waals surface area contributed by atoms with Gasteiger partial charge in [-0.15, -0.1) is 0 Å². The SMILES string of the molecule is O.OP(O)(O)=S.[Mo]. The first-order valence-electron chi connectivity index (χ1n) is 0.783. The quantitative estimate of drug-likeness (QED) is 0.342. The predicted molar refractivity (Wildman–Crippen MR) is 24.6 cm³/mol. The van der Waals surface area contributed by atoms with Gasteiger partial charge < -0.3 is 20.2 Å². The molecular weight excluding hydrogens is 223 g/mol. The van der Waals surface area contributed by atoms with E-state index in [1.165, 1.54) is 0 Å². The molecule has 0 fully saturated rings. The van der Waals surface area contributed by atoms with Crippen molar-refractivity contribution >= 4 is 18.5 Å². The molecule has 0 aliphatic rings. The van der Waals surface area contributed by atoms with E-state index in [4.69, 9.17) is 14.7 Å². The predicted octanol–water partition coefficient (Wildman–Crippen LogP) is -1.64. The number of hydrogen-bond acceptors (Lipinski definition) is 1. The first-order chi connectivity index (χ1) is 2.00. The molecule has 46 valence electrons. The van der Waals surface area contributed by atoms with Crippen LogP contribution in [0, 0.1) is 0 Å². The van der Waals surface area contributed by atoms with Gasteiger partial charge in [0.15, 0.2) is 0 Å². The van der Waals surface area contributed by atoms with Crippen LogP contribution >= 0.6 is 6.72 Å². The van der Waals surface area contributed by atoms with E-state index in [2.05, 4.69) is 11.8 Å². The van der Waals surface area contributed by atoms with Gasteiger partial charge in [-0.2, -0.15) is 0 Å². The Hall–Kier alpha value is 1.18. The van der Waals surface area contributed by atoms with Crippen molar-refractivity contribution in [3.63, 3.8) is 0 Å². The largest absolute Gasteiger partial charge is 0.412 e. The fourth-order valence-corrected chi connectivity index (χ4v) is 0. The molecule has 0 spiro atoms. The van der Waals surface area contributed by atoms with Gasteiger partial charge in [0.25, 0.3) is 0 Å². The van der Waals surface area contributed by atoms with Crippen LogP contribution in [0.2, 0.25) is 0 Å². The molecule has 7 heavy (non-hydrogen) atoms. The summed E-state index contributed by atoms with van der Waals surface area (Å²) in [6.07, 6.45) is 0. The van der Waals surface area contributed by atoms with Gasteiger partial charge in [0.2, 0.25) is 0 Å². The van der Waals surface area contributed by atoms with Gasteiger partial charge in [-0.3, -0.25) is 0 Å². The van der Waals surface area contributed by atoms with Crippen molar-refractivity contribution in [2.75, 3.05) is 0 Å². The topological polar surface area (TPSA) is 92.2 Å². The van der Waals surface area contributed by atoms with E-state index in [-0.39, 0.29) is 26.5 Å². The van der Waals surface area contributed by atoms with Gasteiger partial charge in [-0.1, -0.05) is 0 Å². The molecule has 0 saturated heterocycles. The van der Waals surface area contributed by atoms with E-state index in [1.807, 2.05) is 0 Å². The third-order valence-electron chi connectivity index (χ3n) is 0. The molecule has 4 nitrogen and oxygen atoms in total. The summed E-state index contributed by atoms with van der Waals surface area (Å²) in [5, 5.41) is 0. The molecular formula is H5MoO4PS. The Morgan fingerprint density at radius 3 is 1.14 bits per heavy atom. The molecule has 0 heterocycles. The zero-order chi connectivity index (χ0) is 4.50. The molecule has 0 aliphatic carbocycles. The van der Waals surface area contributed by atoms with Crippen LogP contribution in [0.15, 0.2) is 0 Å². The molecule has 0 aromatic heterocycles. The normalized spacial score (nSPS) is 8.43. The van der Waals surface area contributed by atoms with Crippen molar-refractivity contribution in [2.24, 2.45) is 0 Å². The fraction of sp³-hybridized carbons (Fsp3) is 0. The molecule has 0 aromatic carbocycles. The Bertz CT molecular complexity index is 57.8. The monoisotopic (exact) mass is 230 g/mol. The third kappa shape index (κ3) is 139. The van der Waals surface area contributed by atoms with Crippen LogP contribution in [-0.2, 0) is 32.9 Å². The van der Waals surface area contributed by atoms with Gasteiger partial charge >= 0.3 is 6.72 Å². The smallest absolute Gasteiger partial charge is 0.319 e. The average Bonchev–Trinajstić information content (AvgIpc) is 0.722. The Labute approximate surface area is 60.0 Å². The number of hydrogen-bond donors (Lipinski definition) is 3. The maximum absolute atomic E-state index is 7.56. The summed E-state index contributed by atoms with van der Waals surface area (Å²) in [5.41, 5.74) is 0. The maximum Gasteiger partial charge on any atom is 0.319 e. The minimum Gasteiger partial charge on any atom is -0.412 e. The van der Waals surface area contributed by atoms with E-state index < -0.39 is 6.72 Å². The first kappa shape index (κ1) is 15.7. The second-order valence-electron chi connectivity index (χ2n) is 0.513. The molecule has 0 atom stereocenters. The van der Waals surface area contributed by atoms with Crippen molar-refractivity contribution in [3.05, 3.63) is 0 Å². The molecule has 0 aromatic rings. The zero-order valence-corrected chi connectivity index (χ0v) is 6.82. The van der Waals surface area contributed by atoms with E-state index in [9.17, 15) is 0 Å². The van der Waals surface area contributed by atoms with Gasteiger partial charge in [-0.25, -0.2) is 0 Å². The summed E-state index contributed by atoms with van der Waals surface area (Å²) < 4.78 is 0. The van der Waals surface area contributed by atoms with Crippen molar-refractivity contribution in [2.45, 2.75) is 0 Å². The Morgan fingerprint density at radius 1 is 1.14 bits per heavy atom. The van der Waals surface area contributed by atoms with Gasteiger partial charge in [0, 0.05) is 21.1 Å². The fourth-order valence-electron chi connectivity index (χ4n) is 0. The van der Waals surface area contributed by atoms with Crippen LogP contribution in [0.3, 0.4) is 0 Å². The second kappa shape index (κ2) is 5.32. The molecule has 0 saturated carbocycles. The summed E-state index contributed by atoms with van der Waals surface area (Å²) in [6.45, 7) is -3.81. The molecule has 0 bridgehead atoms. The Balaban J connectivity index is -0.0000000800. The summed E-state index contributed by atoms with van der Waals surface area (Å²) in [5.74, 6) is 0. The van der Waals surface area contributed by atoms with E-state index in [0.717, 1.165) is 0 Å². The van der Waals surface area contributed by atoms with Crippen molar-refractivity contribution < 1.29 is 41.2 Å². The van der Waals surface area contributed by atoms with Gasteiger partial charge in [0.05, 0.1) is 0 Å². The standard InChI is InChI=1S/Mo.H3O3PS.H2O/c;1-4(2,3)5;/h;(H3,1,2,3,5);1H2. The summed E-state index contributed by atoms with van der Waals surface area (Å²) >= 11 is 3.60. The van der Waals surface area contributed by atoms with Crippen molar-refractivity contribution in [1.29, 1.82) is 0 Å². The van der Waals surface area contributed by atoms with E-state index >= 15 is 0 Å². The number of rotatable bonds is 0. The molecule has 5 N–H and O–H groups in total. The molecule has 0 radical (unpaired) electrons. The summed E-state index contributed by atoms with van der Waals surface area (Å²) in [6, 6.07) is 0. The summed E-state index contributed by atoms with van der Waals surface area (Å²) in [7, 11) is 0. The van der Waals surface area contributed by atoms with Crippen LogP contribution in [0.1, 0.15) is 0 Å². The van der Waals surface area contributed by atoms with Crippen LogP contribution in [0.4, 0.5) is 0 Å². The zero-order valence-electron chi connectivity index (χ0n) is 3.11. The first-order valence-corrected chi connectivity index (χ1v) is 3.44. The van der Waals surface area contributed by atoms with Crippen molar-refractivity contribution in [1.82, 2.24) is 0 Å².